The number of H-pyrrole nitrogens is 1. The van der Waals surface area contributed by atoms with Gasteiger partial charge in [-0.25, -0.2) is 0 Å². The van der Waals surface area contributed by atoms with Crippen molar-refractivity contribution in [3.8, 4) is 0 Å². The molecule has 5 nitrogen and oxygen atoms in total. The van der Waals surface area contributed by atoms with Gasteiger partial charge in [-0.1, -0.05) is 12.1 Å². The number of aromatic nitrogens is 4. The summed E-state index contributed by atoms with van der Waals surface area (Å²) < 4.78 is 1.76. The fraction of sp³-hybridized carbons (Fsp3) is 0.100. The van der Waals surface area contributed by atoms with Gasteiger partial charge in [0.1, 0.15) is 5.82 Å². The lowest BCUT2D eigenvalue weighted by atomic mass is 10.3. The lowest BCUT2D eigenvalue weighted by Gasteiger charge is -2.01. The highest BCUT2D eigenvalue weighted by Crippen LogP contribution is 2.11. The van der Waals surface area contributed by atoms with Crippen molar-refractivity contribution >= 4 is 16.7 Å². The molecule has 2 heterocycles. The Bertz CT molecular complexity index is 710. The van der Waals surface area contributed by atoms with Crippen LogP contribution in [0.1, 0.15) is 5.82 Å². The summed E-state index contributed by atoms with van der Waals surface area (Å²) in [6.45, 7) is 1.83. The third-order valence-electron chi connectivity index (χ3n) is 2.42. The predicted octanol–water partition coefficient (Wildman–Crippen LogP) is 0.879. The van der Waals surface area contributed by atoms with Gasteiger partial charge in [-0.05, 0) is 19.1 Å². The van der Waals surface area contributed by atoms with Gasteiger partial charge in [-0.15, -0.1) is 10.2 Å². The zero-order valence-electron chi connectivity index (χ0n) is 8.06. The SMILES string of the molecule is Cc1nnc2c(=O)[nH]c3ccccc3n12. The Morgan fingerprint density at radius 3 is 2.93 bits per heavy atom. The largest absolute Gasteiger partial charge is 0.317 e. The molecule has 0 aliphatic carbocycles. The molecule has 3 aromatic rings. The number of aromatic amines is 1. The molecule has 3 rings (SSSR count). The van der Waals surface area contributed by atoms with Gasteiger partial charge < -0.3 is 4.98 Å². The van der Waals surface area contributed by atoms with Crippen LogP contribution in [0.15, 0.2) is 29.1 Å². The summed E-state index contributed by atoms with van der Waals surface area (Å²) in [5.74, 6) is 0.715. The van der Waals surface area contributed by atoms with E-state index in [2.05, 4.69) is 15.2 Å². The predicted molar refractivity (Wildman–Crippen MR) is 55.9 cm³/mol. The number of benzene rings is 1. The average molecular weight is 200 g/mol. The van der Waals surface area contributed by atoms with E-state index in [1.54, 1.807) is 4.40 Å². The van der Waals surface area contributed by atoms with E-state index < -0.39 is 0 Å². The minimum absolute atomic E-state index is 0.214. The highest BCUT2D eigenvalue weighted by Gasteiger charge is 2.08. The first-order chi connectivity index (χ1) is 7.27. The van der Waals surface area contributed by atoms with Crippen LogP contribution in [0.3, 0.4) is 0 Å². The summed E-state index contributed by atoms with van der Waals surface area (Å²) in [5.41, 5.74) is 1.83. The Morgan fingerprint density at radius 1 is 1.27 bits per heavy atom. The molecule has 0 fully saturated rings. The number of hydrogen-bond donors (Lipinski definition) is 1. The molecule has 1 N–H and O–H groups in total. The number of aryl methyl sites for hydroxylation is 1. The maximum absolute atomic E-state index is 11.6. The lowest BCUT2D eigenvalue weighted by molar-refractivity contribution is 1.02. The van der Waals surface area contributed by atoms with Crippen molar-refractivity contribution < 1.29 is 0 Å². The molecule has 0 bridgehead atoms. The van der Waals surface area contributed by atoms with E-state index in [0.29, 0.717) is 11.5 Å². The average Bonchev–Trinajstić information content (AvgIpc) is 2.62. The molecule has 0 aliphatic rings. The third kappa shape index (κ3) is 0.999. The summed E-state index contributed by atoms with van der Waals surface area (Å²) in [4.78, 5) is 14.4. The Labute approximate surface area is 84.4 Å². The lowest BCUT2D eigenvalue weighted by Crippen LogP contribution is -2.11. The summed E-state index contributed by atoms with van der Waals surface area (Å²) in [5, 5.41) is 7.74. The minimum Gasteiger partial charge on any atom is -0.317 e. The van der Waals surface area contributed by atoms with Crippen molar-refractivity contribution in [3.05, 3.63) is 40.4 Å². The van der Waals surface area contributed by atoms with E-state index in [9.17, 15) is 4.79 Å². The van der Waals surface area contributed by atoms with Crippen molar-refractivity contribution in [1.29, 1.82) is 0 Å². The molecule has 0 saturated heterocycles. The topological polar surface area (TPSA) is 63.0 Å². The van der Waals surface area contributed by atoms with Crippen LogP contribution in [0, 0.1) is 6.92 Å². The van der Waals surface area contributed by atoms with Crippen molar-refractivity contribution in [2.75, 3.05) is 0 Å². The molecule has 0 saturated carbocycles. The van der Waals surface area contributed by atoms with E-state index in [0.717, 1.165) is 11.0 Å². The molecule has 1 aromatic carbocycles. The first kappa shape index (κ1) is 8.16. The van der Waals surface area contributed by atoms with Crippen LogP contribution in [0.4, 0.5) is 0 Å². The zero-order chi connectivity index (χ0) is 10.4. The van der Waals surface area contributed by atoms with E-state index in [4.69, 9.17) is 0 Å². The number of para-hydroxylation sites is 2. The Kier molecular flexibility index (Phi) is 1.45. The zero-order valence-corrected chi connectivity index (χ0v) is 8.06. The van der Waals surface area contributed by atoms with Crippen LogP contribution in [-0.4, -0.2) is 19.6 Å². The van der Waals surface area contributed by atoms with E-state index >= 15 is 0 Å². The second-order valence-corrected chi connectivity index (χ2v) is 3.38. The van der Waals surface area contributed by atoms with Crippen LogP contribution < -0.4 is 5.56 Å². The Balaban J connectivity index is 2.74. The Morgan fingerprint density at radius 2 is 2.07 bits per heavy atom. The van der Waals surface area contributed by atoms with Crippen LogP contribution in [-0.2, 0) is 0 Å². The van der Waals surface area contributed by atoms with Crippen LogP contribution in [0.5, 0.6) is 0 Å². The fourth-order valence-corrected chi connectivity index (χ4v) is 1.75. The molecule has 0 aliphatic heterocycles. The maximum atomic E-state index is 11.6. The number of rotatable bonds is 0. The van der Waals surface area contributed by atoms with E-state index in [1.807, 2.05) is 31.2 Å². The molecular formula is C10H8N4O. The number of fused-ring (bicyclic) bond motifs is 3. The van der Waals surface area contributed by atoms with Crippen molar-refractivity contribution in [1.82, 2.24) is 19.6 Å². The van der Waals surface area contributed by atoms with Crippen molar-refractivity contribution in [3.63, 3.8) is 0 Å². The molecule has 5 heteroatoms. The van der Waals surface area contributed by atoms with Gasteiger partial charge in [0, 0.05) is 0 Å². The van der Waals surface area contributed by atoms with Crippen LogP contribution >= 0.6 is 0 Å². The second-order valence-electron chi connectivity index (χ2n) is 3.38. The molecule has 74 valence electrons. The van der Waals surface area contributed by atoms with Gasteiger partial charge in [0.15, 0.2) is 0 Å². The first-order valence-corrected chi connectivity index (χ1v) is 4.60. The molecule has 2 aromatic heterocycles. The number of nitrogens with one attached hydrogen (secondary N) is 1. The molecule has 0 radical (unpaired) electrons. The van der Waals surface area contributed by atoms with E-state index in [-0.39, 0.29) is 5.56 Å². The quantitative estimate of drug-likeness (QED) is 0.586. The molecule has 0 atom stereocenters. The third-order valence-corrected chi connectivity index (χ3v) is 2.42. The normalized spacial score (nSPS) is 11.3. The smallest absolute Gasteiger partial charge is 0.294 e. The monoisotopic (exact) mass is 200 g/mol. The van der Waals surface area contributed by atoms with E-state index in [1.165, 1.54) is 0 Å². The molecule has 0 amide bonds. The van der Waals surface area contributed by atoms with Crippen LogP contribution in [0.2, 0.25) is 0 Å². The van der Waals surface area contributed by atoms with Crippen LogP contribution in [0.25, 0.3) is 16.7 Å². The molecular weight excluding hydrogens is 192 g/mol. The maximum Gasteiger partial charge on any atom is 0.294 e. The highest BCUT2D eigenvalue weighted by atomic mass is 16.1. The van der Waals surface area contributed by atoms with Gasteiger partial charge in [-0.2, -0.15) is 0 Å². The van der Waals surface area contributed by atoms with Crippen molar-refractivity contribution in [2.24, 2.45) is 0 Å². The van der Waals surface area contributed by atoms with Gasteiger partial charge in [-0.3, -0.25) is 9.20 Å². The fourth-order valence-electron chi connectivity index (χ4n) is 1.75. The van der Waals surface area contributed by atoms with Gasteiger partial charge in [0.05, 0.1) is 11.0 Å². The standard InChI is InChI=1S/C10H8N4O/c1-6-12-13-9-10(15)11-7-4-2-3-5-8(7)14(6)9/h2-5H,1H3,(H,11,15). The minimum atomic E-state index is -0.214. The first-order valence-electron chi connectivity index (χ1n) is 4.60. The number of nitrogens with zero attached hydrogens (tertiary/aromatic N) is 3. The molecule has 15 heavy (non-hydrogen) atoms. The second kappa shape index (κ2) is 2.66. The van der Waals surface area contributed by atoms with Gasteiger partial charge in [0.25, 0.3) is 5.56 Å². The summed E-state index contributed by atoms with van der Waals surface area (Å²) in [6, 6.07) is 7.58. The summed E-state index contributed by atoms with van der Waals surface area (Å²) in [7, 11) is 0. The molecule has 0 unspecified atom stereocenters. The highest BCUT2D eigenvalue weighted by molar-refractivity contribution is 5.77. The van der Waals surface area contributed by atoms with Crippen molar-refractivity contribution in [2.45, 2.75) is 6.92 Å². The van der Waals surface area contributed by atoms with Gasteiger partial charge in [0.2, 0.25) is 5.65 Å². The Hall–Kier alpha value is -2.17. The number of hydrogen-bond acceptors (Lipinski definition) is 3. The van der Waals surface area contributed by atoms with Gasteiger partial charge >= 0.3 is 0 Å². The summed E-state index contributed by atoms with van der Waals surface area (Å²) in [6.07, 6.45) is 0. The molecule has 0 spiro atoms. The summed E-state index contributed by atoms with van der Waals surface area (Å²) >= 11 is 0.